The molecule has 0 spiro atoms. The summed E-state index contributed by atoms with van der Waals surface area (Å²) in [5.41, 5.74) is 0.635. The Bertz CT molecular complexity index is 464. The van der Waals surface area contributed by atoms with Crippen molar-refractivity contribution in [1.29, 1.82) is 0 Å². The lowest BCUT2D eigenvalue weighted by Gasteiger charge is -2.16. The maximum Gasteiger partial charge on any atom is 0.227 e. The molecule has 0 aromatic heterocycles. The van der Waals surface area contributed by atoms with Crippen LogP contribution in [-0.4, -0.2) is 42.7 Å². The molecule has 1 aromatic rings. The molecule has 1 aliphatic heterocycles. The van der Waals surface area contributed by atoms with Gasteiger partial charge < -0.3 is 14.7 Å². The van der Waals surface area contributed by atoms with Crippen LogP contribution in [0.5, 0.6) is 5.75 Å². The van der Waals surface area contributed by atoms with Crippen LogP contribution in [0.15, 0.2) is 18.2 Å². The lowest BCUT2D eigenvalue weighted by atomic mass is 10.1. The first kappa shape index (κ1) is 13.8. The van der Waals surface area contributed by atoms with Gasteiger partial charge >= 0.3 is 0 Å². The fourth-order valence-corrected chi connectivity index (χ4v) is 2.31. The summed E-state index contributed by atoms with van der Waals surface area (Å²) in [7, 11) is 1.41. The Morgan fingerprint density at radius 3 is 2.95 bits per heavy atom. The Balaban J connectivity index is 1.97. The van der Waals surface area contributed by atoms with Crippen molar-refractivity contribution in [3.8, 4) is 5.75 Å². The molecule has 1 unspecified atom stereocenters. The number of methoxy groups -OCH3 is 1. The third-order valence-electron chi connectivity index (χ3n) is 3.47. The summed E-state index contributed by atoms with van der Waals surface area (Å²) in [6, 6.07) is 4.55. The van der Waals surface area contributed by atoms with Gasteiger partial charge in [0.1, 0.15) is 0 Å². The van der Waals surface area contributed by atoms with E-state index < -0.39 is 5.82 Å². The van der Waals surface area contributed by atoms with E-state index in [0.717, 1.165) is 6.42 Å². The predicted octanol–water partition coefficient (Wildman–Crippen LogP) is 1.22. The number of hydrogen-bond donors (Lipinski definition) is 1. The molecule has 0 radical (unpaired) electrons. The first-order chi connectivity index (χ1) is 9.13. The number of hydrogen-bond acceptors (Lipinski definition) is 3. The number of amides is 1. The van der Waals surface area contributed by atoms with Gasteiger partial charge in [-0.05, 0) is 24.1 Å². The summed E-state index contributed by atoms with van der Waals surface area (Å²) < 4.78 is 18.3. The Labute approximate surface area is 111 Å². The van der Waals surface area contributed by atoms with Crippen molar-refractivity contribution in [3.63, 3.8) is 0 Å². The average molecular weight is 267 g/mol. The second-order valence-corrected chi connectivity index (χ2v) is 4.82. The van der Waals surface area contributed by atoms with Crippen molar-refractivity contribution in [2.75, 3.05) is 26.8 Å². The maximum atomic E-state index is 13.5. The number of likely N-dealkylation sites (tertiary alicyclic amines) is 1. The summed E-state index contributed by atoms with van der Waals surface area (Å²) in [4.78, 5) is 13.8. The summed E-state index contributed by atoms with van der Waals surface area (Å²) in [6.45, 7) is 1.37. The normalized spacial score (nSPS) is 18.7. The van der Waals surface area contributed by atoms with Gasteiger partial charge in [0, 0.05) is 25.6 Å². The molecule has 1 atom stereocenters. The maximum absolute atomic E-state index is 13.5. The van der Waals surface area contributed by atoms with Gasteiger partial charge in [0.15, 0.2) is 11.6 Å². The van der Waals surface area contributed by atoms with Crippen LogP contribution < -0.4 is 4.74 Å². The summed E-state index contributed by atoms with van der Waals surface area (Å²) in [5.74, 6) is -0.128. The van der Waals surface area contributed by atoms with Crippen LogP contribution in [0.1, 0.15) is 12.0 Å². The van der Waals surface area contributed by atoms with Crippen LogP contribution in [0.4, 0.5) is 4.39 Å². The highest BCUT2D eigenvalue weighted by atomic mass is 19.1. The molecule has 19 heavy (non-hydrogen) atoms. The highest BCUT2D eigenvalue weighted by Gasteiger charge is 2.25. The Morgan fingerprint density at radius 1 is 1.58 bits per heavy atom. The van der Waals surface area contributed by atoms with Crippen molar-refractivity contribution in [3.05, 3.63) is 29.6 Å². The number of benzene rings is 1. The number of aliphatic hydroxyl groups is 1. The fraction of sp³-hybridized carbons (Fsp3) is 0.500. The van der Waals surface area contributed by atoms with E-state index in [0.29, 0.717) is 18.7 Å². The molecule has 1 N–H and O–H groups in total. The molecule has 1 heterocycles. The number of ether oxygens (including phenoxy) is 1. The Kier molecular flexibility index (Phi) is 4.37. The van der Waals surface area contributed by atoms with Crippen LogP contribution in [0.2, 0.25) is 0 Å². The van der Waals surface area contributed by atoms with Crippen LogP contribution in [-0.2, 0) is 11.2 Å². The SMILES string of the molecule is COc1ccc(CC(=O)N2CCC(CO)C2)cc1F. The highest BCUT2D eigenvalue weighted by Crippen LogP contribution is 2.20. The van der Waals surface area contributed by atoms with E-state index in [1.165, 1.54) is 19.2 Å². The van der Waals surface area contributed by atoms with E-state index >= 15 is 0 Å². The van der Waals surface area contributed by atoms with Crippen LogP contribution >= 0.6 is 0 Å². The van der Waals surface area contributed by atoms with Crippen molar-refractivity contribution in [1.82, 2.24) is 4.90 Å². The number of carbonyl (C=O) groups excluding carboxylic acids is 1. The summed E-state index contributed by atoms with van der Waals surface area (Å²) >= 11 is 0. The van der Waals surface area contributed by atoms with Gasteiger partial charge in [-0.1, -0.05) is 6.07 Å². The molecule has 1 saturated heterocycles. The van der Waals surface area contributed by atoms with Crippen molar-refractivity contribution < 1.29 is 19.0 Å². The summed E-state index contributed by atoms with van der Waals surface area (Å²) in [6.07, 6.45) is 1.01. The third kappa shape index (κ3) is 3.23. The van der Waals surface area contributed by atoms with Crippen molar-refractivity contribution in [2.24, 2.45) is 5.92 Å². The monoisotopic (exact) mass is 267 g/mol. The van der Waals surface area contributed by atoms with E-state index in [9.17, 15) is 9.18 Å². The lowest BCUT2D eigenvalue weighted by molar-refractivity contribution is -0.129. The zero-order valence-electron chi connectivity index (χ0n) is 10.9. The molecule has 1 fully saturated rings. The number of halogens is 1. The molecular weight excluding hydrogens is 249 g/mol. The minimum absolute atomic E-state index is 0.0273. The van der Waals surface area contributed by atoms with E-state index in [1.54, 1.807) is 11.0 Å². The Hall–Kier alpha value is -1.62. The van der Waals surface area contributed by atoms with E-state index in [4.69, 9.17) is 9.84 Å². The van der Waals surface area contributed by atoms with E-state index in [-0.39, 0.29) is 30.6 Å². The number of nitrogens with zero attached hydrogens (tertiary/aromatic N) is 1. The van der Waals surface area contributed by atoms with Gasteiger partial charge in [-0.2, -0.15) is 0 Å². The molecule has 0 bridgehead atoms. The van der Waals surface area contributed by atoms with Crippen molar-refractivity contribution in [2.45, 2.75) is 12.8 Å². The van der Waals surface area contributed by atoms with Crippen LogP contribution in [0, 0.1) is 11.7 Å². The minimum atomic E-state index is -0.456. The molecule has 5 heteroatoms. The van der Waals surface area contributed by atoms with Gasteiger partial charge in [0.2, 0.25) is 5.91 Å². The van der Waals surface area contributed by atoms with E-state index in [2.05, 4.69) is 0 Å². The predicted molar refractivity (Wildman–Crippen MR) is 68.4 cm³/mol. The van der Waals surface area contributed by atoms with Crippen LogP contribution in [0.3, 0.4) is 0 Å². The molecule has 2 rings (SSSR count). The molecule has 1 amide bonds. The largest absolute Gasteiger partial charge is 0.494 e. The first-order valence-corrected chi connectivity index (χ1v) is 6.35. The van der Waals surface area contributed by atoms with Gasteiger partial charge in [-0.3, -0.25) is 4.79 Å². The molecule has 0 aliphatic carbocycles. The molecule has 0 saturated carbocycles. The number of carbonyl (C=O) groups is 1. The fourth-order valence-electron chi connectivity index (χ4n) is 2.31. The van der Waals surface area contributed by atoms with E-state index in [1.807, 2.05) is 0 Å². The molecule has 4 nitrogen and oxygen atoms in total. The smallest absolute Gasteiger partial charge is 0.227 e. The number of aliphatic hydroxyl groups excluding tert-OH is 1. The van der Waals surface area contributed by atoms with Crippen LogP contribution in [0.25, 0.3) is 0 Å². The van der Waals surface area contributed by atoms with Crippen molar-refractivity contribution >= 4 is 5.91 Å². The number of rotatable bonds is 4. The second kappa shape index (κ2) is 6.02. The zero-order chi connectivity index (χ0) is 13.8. The Morgan fingerprint density at radius 2 is 2.37 bits per heavy atom. The topological polar surface area (TPSA) is 49.8 Å². The van der Waals surface area contributed by atoms with Gasteiger partial charge in [0.05, 0.1) is 13.5 Å². The average Bonchev–Trinajstić information content (AvgIpc) is 2.88. The first-order valence-electron chi connectivity index (χ1n) is 6.35. The second-order valence-electron chi connectivity index (χ2n) is 4.82. The van der Waals surface area contributed by atoms with Gasteiger partial charge in [-0.25, -0.2) is 4.39 Å². The quantitative estimate of drug-likeness (QED) is 0.892. The molecule has 1 aliphatic rings. The third-order valence-corrected chi connectivity index (χ3v) is 3.47. The van der Waals surface area contributed by atoms with Gasteiger partial charge in [-0.15, -0.1) is 0 Å². The minimum Gasteiger partial charge on any atom is -0.494 e. The van der Waals surface area contributed by atoms with Gasteiger partial charge in [0.25, 0.3) is 0 Å². The molecule has 1 aromatic carbocycles. The summed E-state index contributed by atoms with van der Waals surface area (Å²) in [5, 5.41) is 9.05. The highest BCUT2D eigenvalue weighted by molar-refractivity contribution is 5.79. The molecular formula is C14H18FNO3. The lowest BCUT2D eigenvalue weighted by Crippen LogP contribution is -2.30. The standard InChI is InChI=1S/C14H18FNO3/c1-19-13-3-2-10(6-12(13)15)7-14(18)16-5-4-11(8-16)9-17/h2-3,6,11,17H,4-5,7-9H2,1H3. The molecule has 104 valence electrons. The zero-order valence-corrected chi connectivity index (χ0v) is 10.9.